The van der Waals surface area contributed by atoms with E-state index in [2.05, 4.69) is 10.5 Å². The summed E-state index contributed by atoms with van der Waals surface area (Å²) in [6.45, 7) is 3.10. The van der Waals surface area contributed by atoms with Crippen LogP contribution in [0, 0.1) is 10.1 Å². The van der Waals surface area contributed by atoms with Gasteiger partial charge in [0, 0.05) is 22.2 Å². The van der Waals surface area contributed by atoms with Gasteiger partial charge in [-0.1, -0.05) is 23.7 Å². The van der Waals surface area contributed by atoms with Crippen LogP contribution in [0.25, 0.3) is 0 Å². The molecule has 0 atom stereocenters. The van der Waals surface area contributed by atoms with E-state index in [0.29, 0.717) is 21.9 Å². The number of nitro groups is 1. The number of hydrogen-bond donors (Lipinski definition) is 1. The second-order valence-electron chi connectivity index (χ2n) is 7.49. The van der Waals surface area contributed by atoms with Crippen LogP contribution >= 0.6 is 11.6 Å². The highest BCUT2D eigenvalue weighted by atomic mass is 35.5. The molecule has 0 fully saturated rings. The third-order valence-corrected chi connectivity index (χ3v) is 4.90. The fourth-order valence-corrected chi connectivity index (χ4v) is 2.97. The minimum absolute atomic E-state index is 0.126. The van der Waals surface area contributed by atoms with Crippen LogP contribution in [0.5, 0.6) is 5.75 Å². The molecule has 0 aliphatic rings. The third kappa shape index (κ3) is 6.02. The van der Waals surface area contributed by atoms with E-state index in [1.165, 1.54) is 18.3 Å². The molecular weight excluding hydrogens is 446 g/mol. The minimum Gasteiger partial charge on any atom is -0.478 e. The van der Waals surface area contributed by atoms with Gasteiger partial charge in [0.05, 0.1) is 16.7 Å². The molecule has 0 saturated heterocycles. The minimum atomic E-state index is -1.30. The highest BCUT2D eigenvalue weighted by Crippen LogP contribution is 2.21. The van der Waals surface area contributed by atoms with Crippen LogP contribution in [0.4, 0.5) is 5.69 Å². The first kappa shape index (κ1) is 23.6. The van der Waals surface area contributed by atoms with Crippen LogP contribution in [0.3, 0.4) is 0 Å². The summed E-state index contributed by atoms with van der Waals surface area (Å²) in [6, 6.07) is 19.0. The van der Waals surface area contributed by atoms with Crippen LogP contribution in [-0.2, 0) is 4.79 Å². The lowest BCUT2D eigenvalue weighted by Gasteiger charge is -2.24. The fourth-order valence-electron chi connectivity index (χ4n) is 2.84. The molecular formula is C24H20ClN3O5. The molecule has 168 valence electrons. The predicted octanol–water partition coefficient (Wildman–Crippen LogP) is 4.79. The molecule has 3 rings (SSSR count). The van der Waals surface area contributed by atoms with Crippen molar-refractivity contribution >= 4 is 35.2 Å². The molecule has 0 radical (unpaired) electrons. The molecule has 0 aromatic heterocycles. The van der Waals surface area contributed by atoms with Crippen molar-refractivity contribution in [3.8, 4) is 5.75 Å². The zero-order valence-corrected chi connectivity index (χ0v) is 18.6. The summed E-state index contributed by atoms with van der Waals surface area (Å²) in [6.07, 6.45) is 1.20. The fraction of sp³-hybridized carbons (Fsp3) is 0.125. The molecule has 33 heavy (non-hydrogen) atoms. The van der Waals surface area contributed by atoms with Crippen molar-refractivity contribution in [3.05, 3.63) is 105 Å². The second-order valence-corrected chi connectivity index (χ2v) is 7.92. The number of ether oxygens (including phenoxy) is 1. The zero-order chi connectivity index (χ0) is 24.0. The number of para-hydroxylation sites is 1. The van der Waals surface area contributed by atoms with Crippen molar-refractivity contribution in [3.63, 3.8) is 0 Å². The lowest BCUT2D eigenvalue weighted by atomic mass is 10.0. The summed E-state index contributed by atoms with van der Waals surface area (Å²) >= 11 is 5.86. The molecule has 3 aromatic rings. The first-order valence-corrected chi connectivity index (χ1v) is 10.2. The number of amides is 1. The number of carbonyl (C=O) groups excluding carboxylic acids is 2. The molecule has 1 N–H and O–H groups in total. The van der Waals surface area contributed by atoms with E-state index in [9.17, 15) is 19.7 Å². The number of nitrogens with one attached hydrogen (secondary N) is 1. The average Bonchev–Trinajstić information content (AvgIpc) is 2.79. The molecule has 0 heterocycles. The Morgan fingerprint density at radius 1 is 1.00 bits per heavy atom. The SMILES string of the molecule is CC(C)(Oc1ccc(C(=O)c2ccc(Cl)cc2)cc1)C(=O)N/N=C/c1ccccc1[N+](=O)[O-]. The van der Waals surface area contributed by atoms with Gasteiger partial charge < -0.3 is 4.74 Å². The molecule has 1 amide bonds. The number of nitrogens with zero attached hydrogens (tertiary/aromatic N) is 2. The van der Waals surface area contributed by atoms with Gasteiger partial charge in [-0.3, -0.25) is 19.7 Å². The number of nitro benzene ring substituents is 1. The first-order valence-electron chi connectivity index (χ1n) is 9.83. The molecule has 9 heteroatoms. The van der Waals surface area contributed by atoms with Gasteiger partial charge in [0.2, 0.25) is 0 Å². The van der Waals surface area contributed by atoms with E-state index < -0.39 is 16.4 Å². The Hall–Kier alpha value is -4.04. The quantitative estimate of drug-likeness (QED) is 0.222. The smallest absolute Gasteiger partial charge is 0.283 e. The van der Waals surface area contributed by atoms with Gasteiger partial charge in [0.15, 0.2) is 11.4 Å². The van der Waals surface area contributed by atoms with Gasteiger partial charge in [-0.2, -0.15) is 5.10 Å². The summed E-state index contributed by atoms with van der Waals surface area (Å²) in [5, 5.41) is 15.4. The zero-order valence-electron chi connectivity index (χ0n) is 17.8. The normalized spacial score (nSPS) is 11.2. The Morgan fingerprint density at radius 3 is 2.18 bits per heavy atom. The van der Waals surface area contributed by atoms with E-state index >= 15 is 0 Å². The Labute approximate surface area is 195 Å². The van der Waals surface area contributed by atoms with Crippen LogP contribution in [-0.4, -0.2) is 28.4 Å². The van der Waals surface area contributed by atoms with Crippen LogP contribution < -0.4 is 10.2 Å². The van der Waals surface area contributed by atoms with Crippen molar-refractivity contribution in [1.82, 2.24) is 5.43 Å². The van der Waals surface area contributed by atoms with E-state index in [1.807, 2.05) is 0 Å². The standard InChI is InChI=1S/C24H20ClN3O5/c1-24(2,23(30)27-26-15-18-5-3-4-6-21(18)28(31)32)33-20-13-9-17(10-14-20)22(29)16-7-11-19(25)12-8-16/h3-15H,1-2H3,(H,27,30)/b26-15+. The number of ketones is 1. The van der Waals surface area contributed by atoms with Crippen molar-refractivity contribution in [2.24, 2.45) is 5.10 Å². The maximum absolute atomic E-state index is 12.6. The van der Waals surface area contributed by atoms with Gasteiger partial charge in [0.1, 0.15) is 5.75 Å². The van der Waals surface area contributed by atoms with Gasteiger partial charge >= 0.3 is 0 Å². The number of benzene rings is 3. The first-order chi connectivity index (χ1) is 15.7. The van der Waals surface area contributed by atoms with Crippen LogP contribution in [0.15, 0.2) is 77.9 Å². The summed E-state index contributed by atoms with van der Waals surface area (Å²) in [7, 11) is 0. The maximum Gasteiger partial charge on any atom is 0.283 e. The van der Waals surface area contributed by atoms with Crippen molar-refractivity contribution in [2.45, 2.75) is 19.4 Å². The predicted molar refractivity (Wildman–Crippen MR) is 125 cm³/mol. The van der Waals surface area contributed by atoms with Crippen LogP contribution in [0.2, 0.25) is 5.02 Å². The van der Waals surface area contributed by atoms with E-state index in [-0.39, 0.29) is 17.0 Å². The van der Waals surface area contributed by atoms with Gasteiger partial charge in [0.25, 0.3) is 11.6 Å². The number of carbonyl (C=O) groups is 2. The number of hydrogen-bond acceptors (Lipinski definition) is 6. The topological polar surface area (TPSA) is 111 Å². The highest BCUT2D eigenvalue weighted by molar-refractivity contribution is 6.30. The van der Waals surface area contributed by atoms with Crippen molar-refractivity contribution in [1.29, 1.82) is 0 Å². The van der Waals surface area contributed by atoms with Crippen LogP contribution in [0.1, 0.15) is 35.3 Å². The molecule has 0 saturated carbocycles. The Kier molecular flexibility index (Phi) is 7.20. The van der Waals surface area contributed by atoms with Crippen molar-refractivity contribution in [2.75, 3.05) is 0 Å². The van der Waals surface area contributed by atoms with E-state index in [1.54, 1.807) is 74.5 Å². The summed E-state index contributed by atoms with van der Waals surface area (Å²) in [5.74, 6) is -0.344. The molecule has 8 nitrogen and oxygen atoms in total. The highest BCUT2D eigenvalue weighted by Gasteiger charge is 2.30. The van der Waals surface area contributed by atoms with E-state index in [0.717, 1.165) is 0 Å². The van der Waals surface area contributed by atoms with Gasteiger partial charge in [-0.15, -0.1) is 0 Å². The summed E-state index contributed by atoms with van der Waals surface area (Å²) < 4.78 is 5.76. The van der Waals surface area contributed by atoms with Gasteiger partial charge in [-0.05, 0) is 68.4 Å². The molecule has 0 unspecified atom stereocenters. The van der Waals surface area contributed by atoms with Gasteiger partial charge in [-0.25, -0.2) is 5.43 Å². The van der Waals surface area contributed by atoms with E-state index in [4.69, 9.17) is 16.3 Å². The third-order valence-electron chi connectivity index (χ3n) is 4.65. The largest absolute Gasteiger partial charge is 0.478 e. The maximum atomic E-state index is 12.6. The summed E-state index contributed by atoms with van der Waals surface area (Å²) in [4.78, 5) is 35.6. The van der Waals surface area contributed by atoms with Crippen molar-refractivity contribution < 1.29 is 19.2 Å². The molecule has 3 aromatic carbocycles. The monoisotopic (exact) mass is 465 g/mol. The molecule has 0 aliphatic carbocycles. The Morgan fingerprint density at radius 2 is 1.58 bits per heavy atom. The average molecular weight is 466 g/mol. The Balaban J connectivity index is 1.63. The second kappa shape index (κ2) is 10.1. The number of halogens is 1. The Bertz CT molecular complexity index is 1210. The lowest BCUT2D eigenvalue weighted by molar-refractivity contribution is -0.385. The summed E-state index contributed by atoms with van der Waals surface area (Å²) in [5.41, 5.74) is 2.12. The number of rotatable bonds is 8. The number of hydrazone groups is 1. The lowest BCUT2D eigenvalue weighted by Crippen LogP contribution is -2.44. The molecule has 0 aliphatic heterocycles. The molecule has 0 bridgehead atoms. The molecule has 0 spiro atoms.